The molecule has 1 unspecified atom stereocenters. The first-order valence-corrected chi connectivity index (χ1v) is 10.4. The van der Waals surface area contributed by atoms with Crippen LogP contribution in [-0.2, 0) is 9.59 Å². The first-order chi connectivity index (χ1) is 13.2. The van der Waals surface area contributed by atoms with E-state index < -0.39 is 11.6 Å². The molecule has 1 aliphatic carbocycles. The fourth-order valence-corrected chi connectivity index (χ4v) is 4.59. The lowest BCUT2D eigenvalue weighted by atomic mass is 9.82. The van der Waals surface area contributed by atoms with Gasteiger partial charge in [-0.15, -0.1) is 0 Å². The number of hydrogen-bond acceptors (Lipinski definition) is 3. The minimum absolute atomic E-state index is 0.0707. The number of imide groups is 1. The van der Waals surface area contributed by atoms with Crippen LogP contribution in [0.5, 0.6) is 0 Å². The van der Waals surface area contributed by atoms with Crippen molar-refractivity contribution in [2.75, 3.05) is 13.6 Å². The number of hydrogen-bond donors (Lipinski definition) is 1. The SMILES string of the molecule is CC(c1ccc(Cl)cc1Cl)N(C)C(=O)CCN1C(=O)NC2(CCCCC2)C1=O. The second-order valence-electron chi connectivity index (χ2n) is 7.63. The molecule has 8 heteroatoms. The van der Waals surface area contributed by atoms with Crippen molar-refractivity contribution in [2.24, 2.45) is 0 Å². The molecular formula is C20H25Cl2N3O3. The lowest BCUT2D eigenvalue weighted by molar-refractivity contribution is -0.134. The van der Waals surface area contributed by atoms with Crippen LogP contribution in [0.4, 0.5) is 4.79 Å². The minimum atomic E-state index is -0.756. The van der Waals surface area contributed by atoms with Gasteiger partial charge in [-0.2, -0.15) is 0 Å². The predicted octanol–water partition coefficient (Wildman–Crippen LogP) is 4.16. The smallest absolute Gasteiger partial charge is 0.325 e. The molecule has 1 aromatic carbocycles. The molecule has 1 saturated heterocycles. The third-order valence-electron chi connectivity index (χ3n) is 5.89. The summed E-state index contributed by atoms with van der Waals surface area (Å²) in [6.07, 6.45) is 4.37. The molecule has 0 aromatic heterocycles. The van der Waals surface area contributed by atoms with E-state index in [2.05, 4.69) is 5.32 Å². The van der Waals surface area contributed by atoms with E-state index in [4.69, 9.17) is 23.2 Å². The average molecular weight is 426 g/mol. The second kappa shape index (κ2) is 8.29. The molecule has 28 heavy (non-hydrogen) atoms. The molecule has 1 spiro atoms. The van der Waals surface area contributed by atoms with Gasteiger partial charge in [0.25, 0.3) is 5.91 Å². The monoisotopic (exact) mass is 425 g/mol. The van der Waals surface area contributed by atoms with Crippen LogP contribution in [0.25, 0.3) is 0 Å². The van der Waals surface area contributed by atoms with Gasteiger partial charge < -0.3 is 10.2 Å². The van der Waals surface area contributed by atoms with Gasteiger partial charge in [0.15, 0.2) is 0 Å². The highest BCUT2D eigenvalue weighted by Gasteiger charge is 2.51. The number of amides is 4. The van der Waals surface area contributed by atoms with Crippen molar-refractivity contribution in [1.29, 1.82) is 0 Å². The Labute approximate surface area is 175 Å². The van der Waals surface area contributed by atoms with Crippen molar-refractivity contribution in [2.45, 2.75) is 57.0 Å². The Balaban J connectivity index is 1.61. The Kier molecular flexibility index (Phi) is 6.20. The molecule has 1 aliphatic heterocycles. The highest BCUT2D eigenvalue weighted by molar-refractivity contribution is 6.35. The van der Waals surface area contributed by atoms with E-state index in [9.17, 15) is 14.4 Å². The molecule has 6 nitrogen and oxygen atoms in total. The van der Waals surface area contributed by atoms with Gasteiger partial charge in [0.05, 0.1) is 6.04 Å². The van der Waals surface area contributed by atoms with Gasteiger partial charge in [0, 0.05) is 30.1 Å². The summed E-state index contributed by atoms with van der Waals surface area (Å²) >= 11 is 12.2. The van der Waals surface area contributed by atoms with Crippen molar-refractivity contribution >= 4 is 41.0 Å². The van der Waals surface area contributed by atoms with Crippen molar-refractivity contribution in [3.05, 3.63) is 33.8 Å². The zero-order valence-corrected chi connectivity index (χ0v) is 17.6. The van der Waals surface area contributed by atoms with Gasteiger partial charge in [0.2, 0.25) is 5.91 Å². The maximum atomic E-state index is 12.8. The molecule has 0 bridgehead atoms. The first-order valence-electron chi connectivity index (χ1n) is 9.60. The zero-order valence-electron chi connectivity index (χ0n) is 16.1. The number of nitrogens with one attached hydrogen (secondary N) is 1. The van der Waals surface area contributed by atoms with E-state index >= 15 is 0 Å². The summed E-state index contributed by atoms with van der Waals surface area (Å²) < 4.78 is 0. The van der Waals surface area contributed by atoms with Gasteiger partial charge in [0.1, 0.15) is 5.54 Å². The Morgan fingerprint density at radius 3 is 2.57 bits per heavy atom. The van der Waals surface area contributed by atoms with Crippen molar-refractivity contribution in [3.8, 4) is 0 Å². The van der Waals surface area contributed by atoms with Crippen LogP contribution in [0, 0.1) is 0 Å². The molecule has 1 atom stereocenters. The fraction of sp³-hybridized carbons (Fsp3) is 0.550. The van der Waals surface area contributed by atoms with Gasteiger partial charge >= 0.3 is 6.03 Å². The van der Waals surface area contributed by atoms with E-state index in [-0.39, 0.29) is 30.8 Å². The molecule has 152 valence electrons. The van der Waals surface area contributed by atoms with Crippen LogP contribution in [-0.4, -0.2) is 46.8 Å². The Morgan fingerprint density at radius 2 is 1.93 bits per heavy atom. The molecular weight excluding hydrogens is 401 g/mol. The number of halogens is 2. The molecule has 2 fully saturated rings. The van der Waals surface area contributed by atoms with Crippen molar-refractivity contribution < 1.29 is 14.4 Å². The van der Waals surface area contributed by atoms with Crippen LogP contribution in [0.2, 0.25) is 10.0 Å². The van der Waals surface area contributed by atoms with Gasteiger partial charge in [-0.05, 0) is 37.5 Å². The molecule has 1 N–H and O–H groups in total. The molecule has 3 rings (SSSR count). The Morgan fingerprint density at radius 1 is 1.25 bits per heavy atom. The van der Waals surface area contributed by atoms with Crippen molar-refractivity contribution in [1.82, 2.24) is 15.1 Å². The normalized spacial score (nSPS) is 19.6. The van der Waals surface area contributed by atoms with Gasteiger partial charge in [-0.3, -0.25) is 14.5 Å². The number of benzene rings is 1. The largest absolute Gasteiger partial charge is 0.339 e. The van der Waals surface area contributed by atoms with E-state index in [1.165, 1.54) is 4.90 Å². The standard InChI is InChI=1S/C20H25Cl2N3O3/c1-13(15-7-6-14(21)12-16(15)22)24(2)17(26)8-11-25-18(27)20(23-19(25)28)9-4-3-5-10-20/h6-7,12-13H,3-5,8-11H2,1-2H3,(H,23,28). The van der Waals surface area contributed by atoms with E-state index in [0.717, 1.165) is 24.8 Å². The summed E-state index contributed by atoms with van der Waals surface area (Å²) in [6, 6.07) is 4.52. The quantitative estimate of drug-likeness (QED) is 0.719. The Bertz CT molecular complexity index is 793. The molecule has 4 amide bonds. The number of carbonyl (C=O) groups is 3. The number of urea groups is 1. The Hall–Kier alpha value is -1.79. The summed E-state index contributed by atoms with van der Waals surface area (Å²) in [5.74, 6) is -0.356. The van der Waals surface area contributed by atoms with E-state index in [1.807, 2.05) is 6.92 Å². The maximum absolute atomic E-state index is 12.8. The summed E-state index contributed by atoms with van der Waals surface area (Å²) in [4.78, 5) is 40.5. The lowest BCUT2D eigenvalue weighted by Gasteiger charge is -2.30. The lowest BCUT2D eigenvalue weighted by Crippen LogP contribution is -2.48. The third kappa shape index (κ3) is 3.98. The predicted molar refractivity (Wildman–Crippen MR) is 108 cm³/mol. The molecule has 0 radical (unpaired) electrons. The fourth-order valence-electron chi connectivity index (χ4n) is 4.02. The molecule has 1 aromatic rings. The summed E-state index contributed by atoms with van der Waals surface area (Å²) in [5, 5.41) is 3.89. The summed E-state index contributed by atoms with van der Waals surface area (Å²) in [7, 11) is 1.69. The maximum Gasteiger partial charge on any atom is 0.325 e. The van der Waals surface area contributed by atoms with Gasteiger partial charge in [-0.1, -0.05) is 48.5 Å². The summed E-state index contributed by atoms with van der Waals surface area (Å²) in [6.45, 7) is 1.95. The highest BCUT2D eigenvalue weighted by atomic mass is 35.5. The number of nitrogens with zero attached hydrogens (tertiary/aromatic N) is 2. The second-order valence-corrected chi connectivity index (χ2v) is 8.47. The summed E-state index contributed by atoms with van der Waals surface area (Å²) in [5.41, 5.74) is 0.0343. The number of rotatable bonds is 5. The van der Waals surface area contributed by atoms with E-state index in [1.54, 1.807) is 30.1 Å². The molecule has 1 heterocycles. The number of carbonyl (C=O) groups excluding carboxylic acids is 3. The van der Waals surface area contributed by atoms with Crippen molar-refractivity contribution in [3.63, 3.8) is 0 Å². The topological polar surface area (TPSA) is 69.7 Å². The minimum Gasteiger partial charge on any atom is -0.339 e. The molecule has 2 aliphatic rings. The van der Waals surface area contributed by atoms with Crippen LogP contribution in [0.15, 0.2) is 18.2 Å². The average Bonchev–Trinajstić information content (AvgIpc) is 2.88. The van der Waals surface area contributed by atoms with Crippen LogP contribution < -0.4 is 5.32 Å². The van der Waals surface area contributed by atoms with E-state index in [0.29, 0.717) is 22.9 Å². The van der Waals surface area contributed by atoms with Gasteiger partial charge in [-0.25, -0.2) is 4.79 Å². The van der Waals surface area contributed by atoms with Crippen LogP contribution in [0.3, 0.4) is 0 Å². The molecule has 1 saturated carbocycles. The van der Waals surface area contributed by atoms with Crippen LogP contribution >= 0.6 is 23.2 Å². The third-order valence-corrected chi connectivity index (χ3v) is 6.45. The first kappa shape index (κ1) is 20.9. The highest BCUT2D eigenvalue weighted by Crippen LogP contribution is 2.34. The van der Waals surface area contributed by atoms with Crippen LogP contribution in [0.1, 0.15) is 57.1 Å². The zero-order chi connectivity index (χ0) is 20.5.